The average molecular weight is 219 g/mol. The summed E-state index contributed by atoms with van der Waals surface area (Å²) in [5.41, 5.74) is 0. The standard InChI is InChI=1S/C8H8Cl2N2O/c1-8(9,10)7(13)12-6-4-2-3-5-11-6/h2-5H,1H3,(H,11,12,13). The van der Waals surface area contributed by atoms with Gasteiger partial charge in [0.1, 0.15) is 5.82 Å². The summed E-state index contributed by atoms with van der Waals surface area (Å²) < 4.78 is -1.43. The van der Waals surface area contributed by atoms with Crippen molar-refractivity contribution in [1.82, 2.24) is 4.98 Å². The molecule has 1 aromatic rings. The Hall–Kier alpha value is -0.800. The summed E-state index contributed by atoms with van der Waals surface area (Å²) >= 11 is 11.1. The van der Waals surface area contributed by atoms with Gasteiger partial charge in [-0.3, -0.25) is 4.79 Å². The first-order chi connectivity index (χ1) is 6.00. The third kappa shape index (κ3) is 3.20. The lowest BCUT2D eigenvalue weighted by atomic mass is 10.4. The number of hydrogen-bond donors (Lipinski definition) is 1. The molecule has 0 spiro atoms. The van der Waals surface area contributed by atoms with Gasteiger partial charge in [0.15, 0.2) is 4.33 Å². The van der Waals surface area contributed by atoms with E-state index in [0.717, 1.165) is 0 Å². The van der Waals surface area contributed by atoms with E-state index < -0.39 is 10.2 Å². The maximum Gasteiger partial charge on any atom is 0.261 e. The van der Waals surface area contributed by atoms with Crippen molar-refractivity contribution in [2.75, 3.05) is 5.32 Å². The molecule has 1 rings (SSSR count). The van der Waals surface area contributed by atoms with Crippen LogP contribution in [0.15, 0.2) is 24.4 Å². The van der Waals surface area contributed by atoms with E-state index in [4.69, 9.17) is 23.2 Å². The summed E-state index contributed by atoms with van der Waals surface area (Å²) in [6.07, 6.45) is 1.56. The zero-order valence-electron chi connectivity index (χ0n) is 6.92. The highest BCUT2D eigenvalue weighted by Crippen LogP contribution is 2.21. The smallest absolute Gasteiger partial charge is 0.261 e. The minimum Gasteiger partial charge on any atom is -0.308 e. The number of amides is 1. The maximum absolute atomic E-state index is 11.2. The number of aromatic nitrogens is 1. The molecule has 0 aliphatic carbocycles. The van der Waals surface area contributed by atoms with Gasteiger partial charge >= 0.3 is 0 Å². The number of carbonyl (C=O) groups is 1. The SMILES string of the molecule is CC(Cl)(Cl)C(=O)Nc1ccccn1. The highest BCUT2D eigenvalue weighted by molar-refractivity contribution is 6.58. The Morgan fingerprint density at radius 1 is 1.54 bits per heavy atom. The quantitative estimate of drug-likeness (QED) is 0.774. The van der Waals surface area contributed by atoms with Crippen LogP contribution in [0.2, 0.25) is 0 Å². The second-order valence-corrected chi connectivity index (χ2v) is 4.26. The van der Waals surface area contributed by atoms with Crippen LogP contribution in [0.4, 0.5) is 5.82 Å². The monoisotopic (exact) mass is 218 g/mol. The number of alkyl halides is 2. The van der Waals surface area contributed by atoms with E-state index in [2.05, 4.69) is 10.3 Å². The van der Waals surface area contributed by atoms with E-state index in [-0.39, 0.29) is 0 Å². The van der Waals surface area contributed by atoms with Crippen LogP contribution in [0.3, 0.4) is 0 Å². The van der Waals surface area contributed by atoms with Gasteiger partial charge in [0.25, 0.3) is 5.91 Å². The maximum atomic E-state index is 11.2. The summed E-state index contributed by atoms with van der Waals surface area (Å²) in [7, 11) is 0. The molecule has 0 aliphatic heterocycles. The van der Waals surface area contributed by atoms with Gasteiger partial charge in [-0.05, 0) is 19.1 Å². The van der Waals surface area contributed by atoms with Crippen LogP contribution in [0.1, 0.15) is 6.92 Å². The molecule has 0 aromatic carbocycles. The Morgan fingerprint density at radius 3 is 2.69 bits per heavy atom. The predicted octanol–water partition coefficient (Wildman–Crippen LogP) is 2.21. The van der Waals surface area contributed by atoms with Gasteiger partial charge in [-0.15, -0.1) is 0 Å². The van der Waals surface area contributed by atoms with E-state index in [0.29, 0.717) is 5.82 Å². The number of carbonyl (C=O) groups excluding carboxylic acids is 1. The number of hydrogen-bond acceptors (Lipinski definition) is 2. The Balaban J connectivity index is 2.66. The minimum absolute atomic E-state index is 0.431. The molecule has 1 N–H and O–H groups in total. The number of rotatable bonds is 2. The number of nitrogens with one attached hydrogen (secondary N) is 1. The normalized spacial score (nSPS) is 11.0. The second-order valence-electron chi connectivity index (χ2n) is 2.56. The van der Waals surface area contributed by atoms with E-state index in [9.17, 15) is 4.79 Å². The molecule has 1 aromatic heterocycles. The van der Waals surface area contributed by atoms with Gasteiger partial charge in [0.05, 0.1) is 0 Å². The van der Waals surface area contributed by atoms with Crippen molar-refractivity contribution in [2.24, 2.45) is 0 Å². The number of anilines is 1. The molecule has 0 radical (unpaired) electrons. The molecule has 0 fully saturated rings. The van der Waals surface area contributed by atoms with Gasteiger partial charge in [-0.25, -0.2) is 4.98 Å². The third-order valence-corrected chi connectivity index (χ3v) is 1.65. The van der Waals surface area contributed by atoms with Crippen LogP contribution in [-0.4, -0.2) is 15.2 Å². The first kappa shape index (κ1) is 10.3. The molecule has 13 heavy (non-hydrogen) atoms. The third-order valence-electron chi connectivity index (χ3n) is 1.31. The van der Waals surface area contributed by atoms with Crippen molar-refractivity contribution in [2.45, 2.75) is 11.3 Å². The summed E-state index contributed by atoms with van der Waals surface area (Å²) in [6, 6.07) is 5.15. The summed E-state index contributed by atoms with van der Waals surface area (Å²) in [5.74, 6) is -0.0606. The zero-order valence-corrected chi connectivity index (χ0v) is 8.43. The highest BCUT2D eigenvalue weighted by Gasteiger charge is 2.27. The van der Waals surface area contributed by atoms with Crippen molar-refractivity contribution in [3.05, 3.63) is 24.4 Å². The van der Waals surface area contributed by atoms with Gasteiger partial charge < -0.3 is 5.32 Å². The fourth-order valence-corrected chi connectivity index (χ4v) is 0.757. The van der Waals surface area contributed by atoms with Crippen molar-refractivity contribution < 1.29 is 4.79 Å². The first-order valence-electron chi connectivity index (χ1n) is 3.60. The Morgan fingerprint density at radius 2 is 2.23 bits per heavy atom. The lowest BCUT2D eigenvalue weighted by molar-refractivity contribution is -0.116. The molecule has 1 amide bonds. The lowest BCUT2D eigenvalue weighted by Crippen LogP contribution is -2.29. The van der Waals surface area contributed by atoms with Crippen LogP contribution in [0.5, 0.6) is 0 Å². The van der Waals surface area contributed by atoms with Gasteiger partial charge in [-0.2, -0.15) is 0 Å². The van der Waals surface area contributed by atoms with Gasteiger partial charge in [-0.1, -0.05) is 29.3 Å². The molecular formula is C8H8Cl2N2O. The van der Waals surface area contributed by atoms with Crippen LogP contribution in [0, 0.1) is 0 Å². The van der Waals surface area contributed by atoms with Crippen molar-refractivity contribution in [3.63, 3.8) is 0 Å². The number of nitrogens with zero attached hydrogens (tertiary/aromatic N) is 1. The topological polar surface area (TPSA) is 42.0 Å². The Labute approximate surface area is 86.1 Å². The molecule has 0 atom stereocenters. The average Bonchev–Trinajstić information content (AvgIpc) is 2.04. The fraction of sp³-hybridized carbons (Fsp3) is 0.250. The van der Waals surface area contributed by atoms with Gasteiger partial charge in [0, 0.05) is 6.20 Å². The van der Waals surface area contributed by atoms with Crippen molar-refractivity contribution in [3.8, 4) is 0 Å². The van der Waals surface area contributed by atoms with E-state index in [1.807, 2.05) is 0 Å². The lowest BCUT2D eigenvalue weighted by Gasteiger charge is -2.12. The highest BCUT2D eigenvalue weighted by atomic mass is 35.5. The Bertz CT molecular complexity index is 295. The van der Waals surface area contributed by atoms with E-state index in [1.54, 1.807) is 24.4 Å². The molecule has 0 saturated carbocycles. The van der Waals surface area contributed by atoms with Crippen LogP contribution >= 0.6 is 23.2 Å². The molecule has 5 heteroatoms. The largest absolute Gasteiger partial charge is 0.308 e. The van der Waals surface area contributed by atoms with Crippen LogP contribution < -0.4 is 5.32 Å². The Kier molecular flexibility index (Phi) is 3.12. The molecule has 0 aliphatic rings. The fourth-order valence-electron chi connectivity index (χ4n) is 0.663. The second kappa shape index (κ2) is 3.94. The van der Waals surface area contributed by atoms with Crippen molar-refractivity contribution >= 4 is 34.9 Å². The van der Waals surface area contributed by atoms with Crippen molar-refractivity contribution in [1.29, 1.82) is 0 Å². The van der Waals surface area contributed by atoms with Crippen LogP contribution in [0.25, 0.3) is 0 Å². The number of halogens is 2. The molecule has 70 valence electrons. The number of pyridine rings is 1. The summed E-state index contributed by atoms with van der Waals surface area (Å²) in [5, 5.41) is 2.47. The minimum atomic E-state index is -1.43. The van der Waals surface area contributed by atoms with Crippen LogP contribution in [-0.2, 0) is 4.79 Å². The molecular weight excluding hydrogens is 211 g/mol. The zero-order chi connectivity index (χ0) is 9.90. The molecule has 1 heterocycles. The summed E-state index contributed by atoms with van der Waals surface area (Å²) in [4.78, 5) is 15.1. The van der Waals surface area contributed by atoms with Gasteiger partial charge in [0.2, 0.25) is 0 Å². The van der Waals surface area contributed by atoms with E-state index in [1.165, 1.54) is 6.92 Å². The molecule has 0 bridgehead atoms. The molecule has 0 saturated heterocycles. The molecule has 0 unspecified atom stereocenters. The predicted molar refractivity (Wildman–Crippen MR) is 53.0 cm³/mol. The first-order valence-corrected chi connectivity index (χ1v) is 4.36. The van der Waals surface area contributed by atoms with E-state index >= 15 is 0 Å². The molecule has 3 nitrogen and oxygen atoms in total. The summed E-state index contributed by atoms with van der Waals surface area (Å²) in [6.45, 7) is 1.40.